The van der Waals surface area contributed by atoms with Crippen molar-refractivity contribution in [3.63, 3.8) is 0 Å². The van der Waals surface area contributed by atoms with Gasteiger partial charge in [0.2, 0.25) is 5.91 Å². The fourth-order valence-electron chi connectivity index (χ4n) is 2.85. The Morgan fingerprint density at radius 2 is 1.83 bits per heavy atom. The average Bonchev–Trinajstić information content (AvgIpc) is 2.27. The van der Waals surface area contributed by atoms with Gasteiger partial charge in [0.15, 0.2) is 0 Å². The number of likely N-dealkylation sites (tertiary alicyclic amines) is 1. The van der Waals surface area contributed by atoms with Gasteiger partial charge in [-0.25, -0.2) is 0 Å². The van der Waals surface area contributed by atoms with Gasteiger partial charge in [-0.1, -0.05) is 19.1 Å². The van der Waals surface area contributed by atoms with E-state index in [4.69, 9.17) is 0 Å². The molecule has 0 saturated carbocycles. The van der Waals surface area contributed by atoms with Crippen molar-refractivity contribution in [1.82, 2.24) is 9.80 Å². The zero-order valence-corrected chi connectivity index (χ0v) is 12.4. The van der Waals surface area contributed by atoms with Crippen LogP contribution in [-0.4, -0.2) is 47.4 Å². The Kier molecular flexibility index (Phi) is 5.86. The highest BCUT2D eigenvalue weighted by molar-refractivity contribution is 5.79. The van der Waals surface area contributed by atoms with Crippen LogP contribution >= 0.6 is 0 Å². The Morgan fingerprint density at radius 3 is 2.28 bits per heavy atom. The van der Waals surface area contributed by atoms with E-state index >= 15 is 0 Å². The smallest absolute Gasteiger partial charge is 0.237 e. The Morgan fingerprint density at radius 1 is 1.28 bits per heavy atom. The van der Waals surface area contributed by atoms with E-state index in [-0.39, 0.29) is 5.91 Å². The zero-order chi connectivity index (χ0) is 13.7. The van der Waals surface area contributed by atoms with Crippen LogP contribution in [0, 0.1) is 0 Å². The fourth-order valence-corrected chi connectivity index (χ4v) is 2.85. The highest BCUT2D eigenvalue weighted by atomic mass is 16.2. The minimum absolute atomic E-state index is 0.276. The molecule has 1 heterocycles. The van der Waals surface area contributed by atoms with Gasteiger partial charge in [-0.15, -0.1) is 0 Å². The maximum absolute atomic E-state index is 12.4. The SMILES string of the molecule is C=C(C)CN(CC)CC(=O)N1C(C)CCCC1C. The third kappa shape index (κ3) is 4.13. The molecule has 1 rings (SSSR count). The lowest BCUT2D eigenvalue weighted by atomic mass is 9.97. The molecule has 1 aliphatic rings. The number of likely N-dealkylation sites (N-methyl/N-ethyl adjacent to an activating group) is 1. The van der Waals surface area contributed by atoms with Gasteiger partial charge in [0, 0.05) is 18.6 Å². The Hall–Kier alpha value is -0.830. The topological polar surface area (TPSA) is 23.6 Å². The van der Waals surface area contributed by atoms with Crippen molar-refractivity contribution in [2.45, 2.75) is 59.0 Å². The van der Waals surface area contributed by atoms with Crippen LogP contribution in [0.2, 0.25) is 0 Å². The van der Waals surface area contributed by atoms with Gasteiger partial charge in [0.05, 0.1) is 6.54 Å². The normalized spacial score (nSPS) is 24.4. The van der Waals surface area contributed by atoms with Gasteiger partial charge in [0.25, 0.3) is 0 Å². The van der Waals surface area contributed by atoms with Crippen molar-refractivity contribution in [3.05, 3.63) is 12.2 Å². The second-order valence-corrected chi connectivity index (χ2v) is 5.69. The van der Waals surface area contributed by atoms with Crippen molar-refractivity contribution < 1.29 is 4.79 Å². The summed E-state index contributed by atoms with van der Waals surface area (Å²) in [4.78, 5) is 16.7. The molecule has 0 N–H and O–H groups in total. The molecule has 3 heteroatoms. The van der Waals surface area contributed by atoms with Gasteiger partial charge in [0.1, 0.15) is 0 Å². The molecule has 0 bridgehead atoms. The summed E-state index contributed by atoms with van der Waals surface area (Å²) in [7, 11) is 0. The number of piperidine rings is 1. The predicted molar refractivity (Wildman–Crippen MR) is 76.5 cm³/mol. The molecule has 1 saturated heterocycles. The summed E-state index contributed by atoms with van der Waals surface area (Å²) >= 11 is 0. The molecule has 2 unspecified atom stereocenters. The van der Waals surface area contributed by atoms with Gasteiger partial charge in [-0.2, -0.15) is 0 Å². The van der Waals surface area contributed by atoms with Crippen LogP contribution in [-0.2, 0) is 4.79 Å². The molecule has 3 nitrogen and oxygen atoms in total. The van der Waals surface area contributed by atoms with Crippen molar-refractivity contribution in [2.75, 3.05) is 19.6 Å². The fraction of sp³-hybridized carbons (Fsp3) is 0.800. The molecule has 0 spiro atoms. The molecule has 1 aliphatic heterocycles. The molecule has 1 fully saturated rings. The summed E-state index contributed by atoms with van der Waals surface area (Å²) in [5.41, 5.74) is 1.12. The second kappa shape index (κ2) is 6.93. The average molecular weight is 252 g/mol. The lowest BCUT2D eigenvalue weighted by Crippen LogP contribution is -2.51. The summed E-state index contributed by atoms with van der Waals surface area (Å²) in [5, 5.41) is 0. The molecule has 0 aliphatic carbocycles. The number of carbonyl (C=O) groups is 1. The summed E-state index contributed by atoms with van der Waals surface area (Å²) in [6.07, 6.45) is 3.53. The van der Waals surface area contributed by atoms with E-state index in [1.807, 2.05) is 6.92 Å². The van der Waals surface area contributed by atoms with Crippen LogP contribution in [0.4, 0.5) is 0 Å². The Balaban J connectivity index is 2.59. The van der Waals surface area contributed by atoms with Crippen molar-refractivity contribution in [3.8, 4) is 0 Å². The van der Waals surface area contributed by atoms with E-state index < -0.39 is 0 Å². The van der Waals surface area contributed by atoms with Crippen LogP contribution in [0.3, 0.4) is 0 Å². The third-order valence-corrected chi connectivity index (χ3v) is 3.78. The third-order valence-electron chi connectivity index (χ3n) is 3.78. The molecular formula is C15H28N2O. The van der Waals surface area contributed by atoms with Crippen LogP contribution < -0.4 is 0 Å². The van der Waals surface area contributed by atoms with E-state index in [0.717, 1.165) is 31.5 Å². The first-order valence-corrected chi connectivity index (χ1v) is 7.13. The van der Waals surface area contributed by atoms with Gasteiger partial charge in [-0.3, -0.25) is 9.69 Å². The summed E-state index contributed by atoms with van der Waals surface area (Å²) < 4.78 is 0. The molecule has 0 aromatic carbocycles. The molecule has 18 heavy (non-hydrogen) atoms. The first-order chi connectivity index (χ1) is 8.45. The number of hydrogen-bond donors (Lipinski definition) is 0. The predicted octanol–water partition coefficient (Wildman–Crippen LogP) is 2.67. The molecule has 0 aromatic rings. The number of carbonyl (C=O) groups excluding carboxylic acids is 1. The van der Waals surface area contributed by atoms with Gasteiger partial charge >= 0.3 is 0 Å². The van der Waals surface area contributed by atoms with Crippen LogP contribution in [0.5, 0.6) is 0 Å². The summed E-state index contributed by atoms with van der Waals surface area (Å²) in [6.45, 7) is 14.6. The molecule has 1 amide bonds. The summed E-state index contributed by atoms with van der Waals surface area (Å²) in [6, 6.07) is 0.787. The molecule has 0 aromatic heterocycles. The van der Waals surface area contributed by atoms with E-state index in [9.17, 15) is 4.79 Å². The van der Waals surface area contributed by atoms with Crippen LogP contribution in [0.15, 0.2) is 12.2 Å². The van der Waals surface area contributed by atoms with Crippen molar-refractivity contribution >= 4 is 5.91 Å². The lowest BCUT2D eigenvalue weighted by molar-refractivity contribution is -0.138. The second-order valence-electron chi connectivity index (χ2n) is 5.69. The minimum atomic E-state index is 0.276. The lowest BCUT2D eigenvalue weighted by Gasteiger charge is -2.40. The largest absolute Gasteiger partial charge is 0.336 e. The van der Waals surface area contributed by atoms with Crippen molar-refractivity contribution in [2.24, 2.45) is 0 Å². The number of amides is 1. The molecule has 0 radical (unpaired) electrons. The quantitative estimate of drug-likeness (QED) is 0.702. The number of nitrogens with zero attached hydrogens (tertiary/aromatic N) is 2. The zero-order valence-electron chi connectivity index (χ0n) is 12.4. The first kappa shape index (κ1) is 15.2. The van der Waals surface area contributed by atoms with Crippen molar-refractivity contribution in [1.29, 1.82) is 0 Å². The Labute approximate surface area is 112 Å². The summed E-state index contributed by atoms with van der Waals surface area (Å²) in [5.74, 6) is 0.276. The monoisotopic (exact) mass is 252 g/mol. The van der Waals surface area contributed by atoms with Crippen LogP contribution in [0.25, 0.3) is 0 Å². The standard InChI is InChI=1S/C15H28N2O/c1-6-16(10-12(2)3)11-15(18)17-13(4)8-7-9-14(17)5/h13-14H,2,6-11H2,1,3-5H3. The maximum atomic E-state index is 12.4. The van der Waals surface area contributed by atoms with E-state index in [1.165, 1.54) is 6.42 Å². The Bertz CT molecular complexity index is 291. The van der Waals surface area contributed by atoms with Gasteiger partial charge in [-0.05, 0) is 46.6 Å². The van der Waals surface area contributed by atoms with E-state index in [2.05, 4.69) is 37.1 Å². The van der Waals surface area contributed by atoms with E-state index in [0.29, 0.717) is 18.6 Å². The minimum Gasteiger partial charge on any atom is -0.336 e. The molecule has 2 atom stereocenters. The number of rotatable bonds is 5. The first-order valence-electron chi connectivity index (χ1n) is 7.13. The number of hydrogen-bond acceptors (Lipinski definition) is 2. The molecule has 104 valence electrons. The van der Waals surface area contributed by atoms with Gasteiger partial charge < -0.3 is 4.90 Å². The highest BCUT2D eigenvalue weighted by Crippen LogP contribution is 2.22. The highest BCUT2D eigenvalue weighted by Gasteiger charge is 2.29. The molecular weight excluding hydrogens is 224 g/mol. The van der Waals surface area contributed by atoms with Crippen LogP contribution in [0.1, 0.15) is 47.0 Å². The van der Waals surface area contributed by atoms with E-state index in [1.54, 1.807) is 0 Å². The maximum Gasteiger partial charge on any atom is 0.237 e.